The molecule has 0 radical (unpaired) electrons. The highest BCUT2D eigenvalue weighted by atomic mass is 16.3. The molecule has 1 aromatic carbocycles. The number of benzene rings is 1. The van der Waals surface area contributed by atoms with Gasteiger partial charge in [0.25, 0.3) is 5.91 Å². The molecule has 1 saturated carbocycles. The van der Waals surface area contributed by atoms with E-state index in [-0.39, 0.29) is 35.8 Å². The van der Waals surface area contributed by atoms with Gasteiger partial charge in [-0.1, -0.05) is 36.4 Å². The van der Waals surface area contributed by atoms with Gasteiger partial charge in [-0.25, -0.2) is 4.98 Å². The Bertz CT molecular complexity index is 1920. The number of nitrogens with two attached hydrogens (primary N) is 1. The first-order chi connectivity index (χ1) is 22.5. The number of nitrogen functional groups attached to an aromatic ring is 1. The fourth-order valence-corrected chi connectivity index (χ4v) is 7.95. The highest BCUT2D eigenvalue weighted by Crippen LogP contribution is 2.50. The molecule has 4 fully saturated rings. The van der Waals surface area contributed by atoms with Crippen LogP contribution in [0.15, 0.2) is 54.9 Å². The quantitative estimate of drug-likeness (QED) is 0.255. The van der Waals surface area contributed by atoms with E-state index in [2.05, 4.69) is 33.4 Å². The van der Waals surface area contributed by atoms with Gasteiger partial charge < -0.3 is 20.6 Å². The van der Waals surface area contributed by atoms with Crippen molar-refractivity contribution in [3.8, 4) is 22.4 Å². The van der Waals surface area contributed by atoms with Crippen LogP contribution < -0.4 is 10.6 Å². The molecule has 2 bridgehead atoms. The van der Waals surface area contributed by atoms with E-state index in [9.17, 15) is 9.90 Å². The van der Waals surface area contributed by atoms with Crippen molar-refractivity contribution in [3.05, 3.63) is 71.9 Å². The first kappa shape index (κ1) is 27.5. The number of carbonyl (C=O) groups excluding carboxylic acids is 1. The Labute approximate surface area is 265 Å². The van der Waals surface area contributed by atoms with E-state index in [1.165, 1.54) is 0 Å². The van der Waals surface area contributed by atoms with Crippen molar-refractivity contribution < 1.29 is 9.90 Å². The summed E-state index contributed by atoms with van der Waals surface area (Å²) in [7, 11) is 0. The van der Waals surface area contributed by atoms with Crippen molar-refractivity contribution in [3.63, 3.8) is 0 Å². The third kappa shape index (κ3) is 4.53. The molecule has 4 N–H and O–H groups in total. The minimum Gasteiger partial charge on any atom is -0.391 e. The van der Waals surface area contributed by atoms with Gasteiger partial charge in [0.15, 0.2) is 5.65 Å². The van der Waals surface area contributed by atoms with Crippen LogP contribution >= 0.6 is 0 Å². The normalized spacial score (nSPS) is 24.3. The van der Waals surface area contributed by atoms with Crippen LogP contribution in [0.2, 0.25) is 0 Å². The fourth-order valence-electron chi connectivity index (χ4n) is 7.95. The number of nitrogens with one attached hydrogen (secondary N) is 1. The molecule has 234 valence electrons. The number of amides is 1. The molecule has 3 saturated heterocycles. The lowest BCUT2D eigenvalue weighted by Gasteiger charge is -2.39. The summed E-state index contributed by atoms with van der Waals surface area (Å²) in [6, 6.07) is 14.5. The smallest absolute Gasteiger partial charge is 0.291 e. The highest BCUT2D eigenvalue weighted by Gasteiger charge is 2.46. The number of hydrogen-bond donors (Lipinski definition) is 3. The van der Waals surface area contributed by atoms with Crippen LogP contribution in [-0.4, -0.2) is 82.0 Å². The fraction of sp³-hybridized carbons (Fsp3) is 0.412. The van der Waals surface area contributed by atoms with E-state index in [4.69, 9.17) is 20.8 Å². The Morgan fingerprint density at radius 2 is 1.72 bits per heavy atom. The number of aromatic amines is 1. The summed E-state index contributed by atoms with van der Waals surface area (Å²) in [5.74, 6) is 1.92. The predicted molar refractivity (Wildman–Crippen MR) is 172 cm³/mol. The minimum atomic E-state index is -0.384. The standard InChI is InChI=1S/C34H36N10O2/c35-30-28(20-6-7-20)29(38-32-26(17-37-44(30)32)21-8-11-27(36-16-21)19-4-2-1-3-5-19)22-14-23-9-10-24(15-22)43(23)33(46)31-39-34(41-40-31)42-13-12-25(45)18-42/h1-5,8,11,16-17,20,22-25,45H,6-7,9-10,12-15,18,35H2,(H,39,40,41)/t22?,23-,24+,25-/m1/s1. The molecule has 1 aliphatic carbocycles. The average molecular weight is 617 g/mol. The lowest BCUT2D eigenvalue weighted by molar-refractivity contribution is 0.0557. The molecule has 3 aliphatic heterocycles. The molecule has 5 aromatic rings. The molecule has 12 nitrogen and oxygen atoms in total. The lowest BCUT2D eigenvalue weighted by Crippen LogP contribution is -2.46. The summed E-state index contributed by atoms with van der Waals surface area (Å²) in [4.78, 5) is 32.3. The van der Waals surface area contributed by atoms with E-state index in [1.54, 1.807) is 4.52 Å². The van der Waals surface area contributed by atoms with Gasteiger partial charge in [-0.05, 0) is 56.9 Å². The molecule has 0 spiro atoms. The summed E-state index contributed by atoms with van der Waals surface area (Å²) < 4.78 is 1.80. The number of piperidine rings is 1. The van der Waals surface area contributed by atoms with E-state index in [0.29, 0.717) is 37.2 Å². The second-order valence-corrected chi connectivity index (χ2v) is 13.3. The van der Waals surface area contributed by atoms with Crippen LogP contribution in [0.25, 0.3) is 28.0 Å². The largest absolute Gasteiger partial charge is 0.391 e. The number of rotatable bonds is 6. The van der Waals surface area contributed by atoms with E-state index in [0.717, 1.165) is 77.8 Å². The lowest BCUT2D eigenvalue weighted by atomic mass is 9.85. The average Bonchev–Trinajstić information content (AvgIpc) is 3.37. The number of pyridine rings is 1. The van der Waals surface area contributed by atoms with Crippen LogP contribution in [0.4, 0.5) is 11.8 Å². The predicted octanol–water partition coefficient (Wildman–Crippen LogP) is 4.16. The number of aromatic nitrogens is 7. The van der Waals surface area contributed by atoms with Crippen molar-refractivity contribution in [2.24, 2.45) is 0 Å². The number of aliphatic hydroxyl groups excluding tert-OH is 1. The zero-order valence-electron chi connectivity index (χ0n) is 25.5. The van der Waals surface area contributed by atoms with E-state index in [1.807, 2.05) is 46.5 Å². The third-order valence-corrected chi connectivity index (χ3v) is 10.4. The van der Waals surface area contributed by atoms with Gasteiger partial charge in [-0.3, -0.25) is 14.9 Å². The Morgan fingerprint density at radius 1 is 0.913 bits per heavy atom. The van der Waals surface area contributed by atoms with E-state index < -0.39 is 0 Å². The number of nitrogens with zero attached hydrogens (tertiary/aromatic N) is 8. The monoisotopic (exact) mass is 616 g/mol. The molecular formula is C34H36N10O2. The summed E-state index contributed by atoms with van der Waals surface area (Å²) >= 11 is 0. The summed E-state index contributed by atoms with van der Waals surface area (Å²) in [6.07, 6.45) is 9.83. The second kappa shape index (κ2) is 10.6. The van der Waals surface area contributed by atoms with Crippen molar-refractivity contribution in [2.45, 2.75) is 75.0 Å². The van der Waals surface area contributed by atoms with Crippen LogP contribution in [0.1, 0.15) is 78.7 Å². The Hall–Kier alpha value is -4.84. The number of anilines is 2. The first-order valence-corrected chi connectivity index (χ1v) is 16.4. The highest BCUT2D eigenvalue weighted by molar-refractivity contribution is 5.91. The van der Waals surface area contributed by atoms with Gasteiger partial charge in [-0.15, -0.1) is 5.10 Å². The molecular weight excluding hydrogens is 580 g/mol. The molecule has 46 heavy (non-hydrogen) atoms. The molecule has 4 aliphatic rings. The number of H-pyrrole nitrogens is 1. The Kier molecular flexibility index (Phi) is 6.34. The second-order valence-electron chi connectivity index (χ2n) is 13.3. The summed E-state index contributed by atoms with van der Waals surface area (Å²) in [5.41, 5.74) is 13.7. The maximum atomic E-state index is 13.8. The van der Waals surface area contributed by atoms with Gasteiger partial charge in [0.1, 0.15) is 5.82 Å². The third-order valence-electron chi connectivity index (χ3n) is 10.4. The van der Waals surface area contributed by atoms with E-state index >= 15 is 0 Å². The number of aliphatic hydroxyl groups is 1. The molecule has 9 rings (SSSR count). The minimum absolute atomic E-state index is 0.0979. The topological polar surface area (TPSA) is 154 Å². The SMILES string of the molecule is Nc1c(C2CC2)c(C2C[C@H]3CC[C@@H](C2)N3C(=O)c2nc(N3CC[C@@H](O)C3)n[nH]2)nc2c(-c3ccc(-c4ccccc4)nc3)cnn12. The van der Waals surface area contributed by atoms with Gasteiger partial charge >= 0.3 is 0 Å². The van der Waals surface area contributed by atoms with Gasteiger partial charge in [0, 0.05) is 59.5 Å². The van der Waals surface area contributed by atoms with Crippen molar-refractivity contribution in [1.29, 1.82) is 0 Å². The summed E-state index contributed by atoms with van der Waals surface area (Å²) in [5, 5.41) is 21.8. The van der Waals surface area contributed by atoms with Gasteiger partial charge in [0.2, 0.25) is 11.8 Å². The first-order valence-electron chi connectivity index (χ1n) is 16.4. The number of β-amino-alcohol motifs (C(OH)–C–C–N with tert-alkyl or cyclic N) is 1. The molecule has 7 heterocycles. The Balaban J connectivity index is 1.01. The zero-order chi connectivity index (χ0) is 30.9. The van der Waals surface area contributed by atoms with Crippen molar-refractivity contribution in [2.75, 3.05) is 23.7 Å². The Morgan fingerprint density at radius 3 is 2.41 bits per heavy atom. The van der Waals surface area contributed by atoms with Crippen molar-refractivity contribution >= 4 is 23.3 Å². The van der Waals surface area contributed by atoms with Crippen LogP contribution in [-0.2, 0) is 0 Å². The molecule has 4 atom stereocenters. The maximum absolute atomic E-state index is 13.8. The van der Waals surface area contributed by atoms with Crippen LogP contribution in [0.3, 0.4) is 0 Å². The number of fused-ring (bicyclic) bond motifs is 3. The molecule has 1 unspecified atom stereocenters. The van der Waals surface area contributed by atoms with Crippen molar-refractivity contribution in [1.82, 2.24) is 39.7 Å². The van der Waals surface area contributed by atoms with Crippen LogP contribution in [0, 0.1) is 0 Å². The molecule has 12 heteroatoms. The number of carbonyl (C=O) groups is 1. The molecule has 1 amide bonds. The van der Waals surface area contributed by atoms with Gasteiger partial charge in [0.05, 0.1) is 23.7 Å². The zero-order valence-corrected chi connectivity index (χ0v) is 25.5. The number of hydrogen-bond acceptors (Lipinski definition) is 9. The van der Waals surface area contributed by atoms with Gasteiger partial charge in [-0.2, -0.15) is 14.6 Å². The van der Waals surface area contributed by atoms with Crippen LogP contribution in [0.5, 0.6) is 0 Å². The maximum Gasteiger partial charge on any atom is 0.291 e. The molecule has 4 aromatic heterocycles. The summed E-state index contributed by atoms with van der Waals surface area (Å²) in [6.45, 7) is 1.17.